The lowest BCUT2D eigenvalue weighted by Gasteiger charge is -2.34. The quantitative estimate of drug-likeness (QED) is 0.831. The lowest BCUT2D eigenvalue weighted by molar-refractivity contribution is -0.138. The van der Waals surface area contributed by atoms with Gasteiger partial charge in [0, 0.05) is 24.5 Å². The Hall–Kier alpha value is -1.96. The summed E-state index contributed by atoms with van der Waals surface area (Å²) in [4.78, 5) is 27.5. The first-order chi connectivity index (χ1) is 12.7. The number of nitrogens with one attached hydrogen (secondary N) is 2. The number of rotatable bonds is 4. The zero-order valence-electron chi connectivity index (χ0n) is 14.8. The second kappa shape index (κ2) is 6.04. The number of fused-ring (bicyclic) bond motifs is 3. The van der Waals surface area contributed by atoms with Crippen molar-refractivity contribution in [2.24, 2.45) is 11.3 Å². The predicted octanol–water partition coefficient (Wildman–Crippen LogP) is 0.873. The lowest BCUT2D eigenvalue weighted by Crippen LogP contribution is -2.47. The summed E-state index contributed by atoms with van der Waals surface area (Å²) in [6.45, 7) is 1.40. The van der Waals surface area contributed by atoms with Crippen LogP contribution in [0.2, 0.25) is 0 Å². The van der Waals surface area contributed by atoms with Gasteiger partial charge >= 0.3 is 0 Å². The molecule has 4 aliphatic rings. The molecule has 5 atom stereocenters. The molecule has 5 rings (SSSR count). The fourth-order valence-electron chi connectivity index (χ4n) is 5.72. The Morgan fingerprint density at radius 1 is 1.35 bits per heavy atom. The number of amides is 2. The largest absolute Gasteiger partial charge is 0.374 e. The predicted molar refractivity (Wildman–Crippen MR) is 91.1 cm³/mol. The maximum absolute atomic E-state index is 13.2. The third-order valence-electron chi connectivity index (χ3n) is 7.04. The van der Waals surface area contributed by atoms with Crippen LogP contribution in [-0.2, 0) is 9.53 Å². The van der Waals surface area contributed by atoms with E-state index in [9.17, 15) is 9.59 Å². The molecule has 26 heavy (non-hydrogen) atoms. The first-order valence-electron chi connectivity index (χ1n) is 9.76. The average molecular weight is 359 g/mol. The second-order valence-electron chi connectivity index (χ2n) is 8.31. The Labute approximate surface area is 152 Å². The summed E-state index contributed by atoms with van der Waals surface area (Å²) < 4.78 is 5.90. The molecule has 2 bridgehead atoms. The van der Waals surface area contributed by atoms with Crippen LogP contribution < -0.4 is 5.32 Å². The first kappa shape index (κ1) is 16.2. The minimum atomic E-state index is -0.204. The van der Waals surface area contributed by atoms with Crippen molar-refractivity contribution >= 4 is 11.8 Å². The average Bonchev–Trinajstić information content (AvgIpc) is 3.45. The number of H-pyrrole nitrogens is 1. The topological polar surface area (TPSA) is 100 Å². The third-order valence-corrected chi connectivity index (χ3v) is 7.04. The fraction of sp³-hybridized carbons (Fsp3) is 0.778. The number of ether oxygens (including phenoxy) is 1. The van der Waals surface area contributed by atoms with Crippen LogP contribution in [0.25, 0.3) is 0 Å². The van der Waals surface area contributed by atoms with Gasteiger partial charge in [0.2, 0.25) is 5.91 Å². The van der Waals surface area contributed by atoms with Gasteiger partial charge in [-0.2, -0.15) is 15.4 Å². The molecule has 0 unspecified atom stereocenters. The molecule has 140 valence electrons. The molecule has 2 N–H and O–H groups in total. The van der Waals surface area contributed by atoms with Gasteiger partial charge in [0.25, 0.3) is 5.91 Å². The molecule has 1 aliphatic carbocycles. The number of nitrogens with zero attached hydrogens (tertiary/aromatic N) is 3. The number of aromatic amines is 1. The summed E-state index contributed by atoms with van der Waals surface area (Å²) in [6.07, 6.45) is 9.06. The Bertz CT molecular complexity index is 708. The Balaban J connectivity index is 1.27. The van der Waals surface area contributed by atoms with E-state index < -0.39 is 0 Å². The fourth-order valence-corrected chi connectivity index (χ4v) is 5.72. The van der Waals surface area contributed by atoms with Gasteiger partial charge in [-0.25, -0.2) is 0 Å². The van der Waals surface area contributed by atoms with Gasteiger partial charge < -0.3 is 15.0 Å². The molecule has 8 heteroatoms. The molecular weight excluding hydrogens is 334 g/mol. The molecule has 1 aromatic heterocycles. The molecule has 0 aromatic carbocycles. The zero-order chi connectivity index (χ0) is 17.7. The van der Waals surface area contributed by atoms with Crippen LogP contribution in [0.4, 0.5) is 0 Å². The number of aromatic nitrogens is 3. The second-order valence-corrected chi connectivity index (χ2v) is 8.31. The van der Waals surface area contributed by atoms with Gasteiger partial charge in [0.15, 0.2) is 5.69 Å². The van der Waals surface area contributed by atoms with Crippen LogP contribution in [0.3, 0.4) is 0 Å². The van der Waals surface area contributed by atoms with Crippen LogP contribution in [0, 0.1) is 11.3 Å². The maximum atomic E-state index is 13.2. The zero-order valence-corrected chi connectivity index (χ0v) is 14.8. The van der Waals surface area contributed by atoms with E-state index in [1.165, 1.54) is 6.20 Å². The molecule has 0 spiro atoms. The smallest absolute Gasteiger partial charge is 0.273 e. The summed E-state index contributed by atoms with van der Waals surface area (Å²) in [7, 11) is 0. The van der Waals surface area contributed by atoms with Crippen molar-refractivity contribution in [1.82, 2.24) is 25.6 Å². The van der Waals surface area contributed by atoms with Crippen LogP contribution in [0.15, 0.2) is 6.20 Å². The highest BCUT2D eigenvalue weighted by Crippen LogP contribution is 2.50. The van der Waals surface area contributed by atoms with Crippen molar-refractivity contribution in [3.05, 3.63) is 11.9 Å². The van der Waals surface area contributed by atoms with Crippen LogP contribution in [-0.4, -0.2) is 63.5 Å². The molecule has 4 fully saturated rings. The number of carbonyl (C=O) groups is 2. The van der Waals surface area contributed by atoms with E-state index in [-0.39, 0.29) is 35.3 Å². The van der Waals surface area contributed by atoms with E-state index in [4.69, 9.17) is 4.74 Å². The van der Waals surface area contributed by atoms with E-state index in [1.807, 2.05) is 0 Å². The van der Waals surface area contributed by atoms with E-state index >= 15 is 0 Å². The van der Waals surface area contributed by atoms with Crippen molar-refractivity contribution < 1.29 is 14.3 Å². The molecule has 3 aliphatic heterocycles. The van der Waals surface area contributed by atoms with Crippen LogP contribution in [0.5, 0.6) is 0 Å². The highest BCUT2D eigenvalue weighted by atomic mass is 16.5. The maximum Gasteiger partial charge on any atom is 0.273 e. The van der Waals surface area contributed by atoms with Crippen molar-refractivity contribution in [2.45, 2.75) is 63.2 Å². The minimum absolute atomic E-state index is 0.00747. The molecule has 1 aromatic rings. The van der Waals surface area contributed by atoms with E-state index in [2.05, 4.69) is 25.6 Å². The Morgan fingerprint density at radius 3 is 3.00 bits per heavy atom. The summed E-state index contributed by atoms with van der Waals surface area (Å²) in [6, 6.07) is 0.242. The molecule has 2 amide bonds. The van der Waals surface area contributed by atoms with Crippen LogP contribution >= 0.6 is 0 Å². The standard InChI is InChI=1S/C18H25N5O3/c24-16(13-9-20-22-21-13)19-10-18-5-1-2-15(18)23(7-6-18)17(25)12-8-11-3-4-14(12)26-11/h9,11-12,14-15H,1-8,10H2,(H,19,24)(H,20,21,22)/t11-,12-,14+,15-,18-/m1/s1. The van der Waals surface area contributed by atoms with Crippen molar-refractivity contribution in [3.8, 4) is 0 Å². The summed E-state index contributed by atoms with van der Waals surface area (Å²) in [5.74, 6) is 0.133. The van der Waals surface area contributed by atoms with Crippen molar-refractivity contribution in [2.75, 3.05) is 13.1 Å². The summed E-state index contributed by atoms with van der Waals surface area (Å²) >= 11 is 0. The third kappa shape index (κ3) is 2.46. The molecule has 0 radical (unpaired) electrons. The van der Waals surface area contributed by atoms with Gasteiger partial charge in [-0.1, -0.05) is 6.42 Å². The Kier molecular flexibility index (Phi) is 3.77. The SMILES string of the molecule is O=C(NC[C@]12CCC[C@H]1N(C(=O)[C@@H]1C[C@H]3CC[C@@H]1O3)CC2)c1cn[nH]n1. The van der Waals surface area contributed by atoms with Gasteiger partial charge in [-0.3, -0.25) is 9.59 Å². The van der Waals surface area contributed by atoms with Crippen LogP contribution in [0.1, 0.15) is 55.4 Å². The van der Waals surface area contributed by atoms with Gasteiger partial charge in [0.05, 0.1) is 24.3 Å². The van der Waals surface area contributed by atoms with Gasteiger partial charge in [-0.15, -0.1) is 0 Å². The highest BCUT2D eigenvalue weighted by molar-refractivity contribution is 5.91. The van der Waals surface area contributed by atoms with E-state index in [0.29, 0.717) is 18.3 Å². The van der Waals surface area contributed by atoms with Crippen molar-refractivity contribution in [3.63, 3.8) is 0 Å². The first-order valence-corrected chi connectivity index (χ1v) is 9.76. The molecule has 3 saturated heterocycles. The summed E-state index contributed by atoms with van der Waals surface area (Å²) in [5, 5.41) is 13.0. The van der Waals surface area contributed by atoms with E-state index in [0.717, 1.165) is 51.5 Å². The van der Waals surface area contributed by atoms with Crippen molar-refractivity contribution in [1.29, 1.82) is 0 Å². The van der Waals surface area contributed by atoms with Gasteiger partial charge in [0.1, 0.15) is 0 Å². The number of carbonyl (C=O) groups excluding carboxylic acids is 2. The minimum Gasteiger partial charge on any atom is -0.374 e. The molecule has 4 heterocycles. The molecule has 1 saturated carbocycles. The lowest BCUT2D eigenvalue weighted by atomic mass is 9.81. The molecule has 8 nitrogen and oxygen atoms in total. The summed E-state index contributed by atoms with van der Waals surface area (Å²) in [5.41, 5.74) is 0.314. The van der Waals surface area contributed by atoms with Gasteiger partial charge in [-0.05, 0) is 38.5 Å². The molecular formula is C18H25N5O3. The number of hydrogen-bond donors (Lipinski definition) is 2. The monoisotopic (exact) mass is 359 g/mol. The normalized spacial score (nSPS) is 37.9. The Morgan fingerprint density at radius 2 is 2.27 bits per heavy atom. The number of likely N-dealkylation sites (tertiary alicyclic amines) is 1. The van der Waals surface area contributed by atoms with E-state index in [1.54, 1.807) is 0 Å². The number of hydrogen-bond acceptors (Lipinski definition) is 5. The highest BCUT2D eigenvalue weighted by Gasteiger charge is 2.54.